The minimum atomic E-state index is 0.376. The quantitative estimate of drug-likeness (QED) is 0.868. The Morgan fingerprint density at radius 1 is 1.39 bits per heavy atom. The Balaban J connectivity index is 1.78. The number of piperidine rings is 1. The van der Waals surface area contributed by atoms with Crippen LogP contribution in [-0.4, -0.2) is 24.1 Å². The number of nitrogens with two attached hydrogens (primary N) is 1. The van der Waals surface area contributed by atoms with E-state index in [2.05, 4.69) is 24.0 Å². The Morgan fingerprint density at radius 3 is 3.11 bits per heavy atom. The summed E-state index contributed by atoms with van der Waals surface area (Å²) in [5, 5.41) is 0. The molecule has 0 amide bonds. The van der Waals surface area contributed by atoms with E-state index in [0.717, 1.165) is 25.9 Å². The molecule has 1 saturated heterocycles. The molecule has 2 unspecified atom stereocenters. The highest BCUT2D eigenvalue weighted by atomic mass is 15.2. The van der Waals surface area contributed by atoms with Crippen molar-refractivity contribution in [2.24, 2.45) is 11.7 Å². The molecule has 0 radical (unpaired) electrons. The van der Waals surface area contributed by atoms with Crippen molar-refractivity contribution < 1.29 is 0 Å². The average molecular weight is 245 g/mol. The Morgan fingerprint density at radius 2 is 2.28 bits per heavy atom. The van der Waals surface area contributed by atoms with E-state index in [1.54, 1.807) is 0 Å². The van der Waals surface area contributed by atoms with Crippen LogP contribution in [0.15, 0.2) is 12.1 Å². The Labute approximate surface area is 109 Å². The Kier molecular flexibility index (Phi) is 3.25. The molecule has 0 aromatic carbocycles. The summed E-state index contributed by atoms with van der Waals surface area (Å²) < 4.78 is 0. The summed E-state index contributed by atoms with van der Waals surface area (Å²) >= 11 is 0. The average Bonchev–Trinajstić information content (AvgIpc) is 2.86. The van der Waals surface area contributed by atoms with Crippen molar-refractivity contribution in [1.29, 1.82) is 0 Å². The third-order valence-corrected chi connectivity index (χ3v) is 4.55. The number of nitrogens with zero attached hydrogens (tertiary/aromatic N) is 2. The zero-order valence-corrected chi connectivity index (χ0v) is 11.2. The molecule has 3 rings (SSSR count). The maximum Gasteiger partial charge on any atom is 0.128 e. The van der Waals surface area contributed by atoms with Gasteiger partial charge in [0.15, 0.2) is 0 Å². The molecule has 2 N–H and O–H groups in total. The minimum absolute atomic E-state index is 0.376. The fraction of sp³-hybridized carbons (Fsp3) is 0.667. The summed E-state index contributed by atoms with van der Waals surface area (Å²) in [6, 6.07) is 4.86. The Hall–Kier alpha value is -1.09. The highest BCUT2D eigenvalue weighted by Gasteiger charge is 2.26. The molecule has 2 aliphatic rings. The fourth-order valence-electron chi connectivity index (χ4n) is 3.28. The minimum Gasteiger partial charge on any atom is -0.356 e. The lowest BCUT2D eigenvalue weighted by atomic mass is 9.91. The van der Waals surface area contributed by atoms with Crippen LogP contribution < -0.4 is 10.6 Å². The van der Waals surface area contributed by atoms with Crippen molar-refractivity contribution in [3.05, 3.63) is 23.4 Å². The number of hydrogen-bond acceptors (Lipinski definition) is 3. The Bertz CT molecular complexity index is 430. The summed E-state index contributed by atoms with van der Waals surface area (Å²) in [5.41, 5.74) is 8.96. The second-order valence-corrected chi connectivity index (χ2v) is 5.70. The molecular formula is C15H23N3. The van der Waals surface area contributed by atoms with Crippen LogP contribution in [0.3, 0.4) is 0 Å². The number of aromatic nitrogens is 1. The first-order valence-electron chi connectivity index (χ1n) is 7.27. The molecule has 1 fully saturated rings. The van der Waals surface area contributed by atoms with Gasteiger partial charge in [0.2, 0.25) is 0 Å². The van der Waals surface area contributed by atoms with Gasteiger partial charge in [0, 0.05) is 24.8 Å². The van der Waals surface area contributed by atoms with Crippen molar-refractivity contribution in [2.45, 2.75) is 45.1 Å². The zero-order valence-electron chi connectivity index (χ0n) is 11.2. The van der Waals surface area contributed by atoms with E-state index in [4.69, 9.17) is 10.7 Å². The van der Waals surface area contributed by atoms with Crippen molar-refractivity contribution in [1.82, 2.24) is 4.98 Å². The van der Waals surface area contributed by atoms with Gasteiger partial charge >= 0.3 is 0 Å². The summed E-state index contributed by atoms with van der Waals surface area (Å²) in [4.78, 5) is 7.28. The molecule has 0 spiro atoms. The van der Waals surface area contributed by atoms with Gasteiger partial charge in [-0.3, -0.25) is 0 Å². The van der Waals surface area contributed by atoms with Gasteiger partial charge < -0.3 is 10.6 Å². The highest BCUT2D eigenvalue weighted by molar-refractivity contribution is 5.43. The lowest BCUT2D eigenvalue weighted by Crippen LogP contribution is -2.47. The molecule has 2 heterocycles. The molecule has 98 valence electrons. The summed E-state index contributed by atoms with van der Waals surface area (Å²) in [6.45, 7) is 4.37. The summed E-state index contributed by atoms with van der Waals surface area (Å²) in [5.74, 6) is 1.79. The normalized spacial score (nSPS) is 27.3. The van der Waals surface area contributed by atoms with Gasteiger partial charge in [-0.2, -0.15) is 0 Å². The maximum absolute atomic E-state index is 6.17. The lowest BCUT2D eigenvalue weighted by molar-refractivity contribution is 0.346. The van der Waals surface area contributed by atoms with Crippen molar-refractivity contribution in [2.75, 3.05) is 18.0 Å². The topological polar surface area (TPSA) is 42.2 Å². The molecule has 0 bridgehead atoms. The summed E-state index contributed by atoms with van der Waals surface area (Å²) in [6.07, 6.45) is 5.91. The van der Waals surface area contributed by atoms with Gasteiger partial charge in [-0.05, 0) is 43.2 Å². The van der Waals surface area contributed by atoms with E-state index in [9.17, 15) is 0 Å². The van der Waals surface area contributed by atoms with Crippen LogP contribution in [0.25, 0.3) is 0 Å². The van der Waals surface area contributed by atoms with Crippen LogP contribution in [0.1, 0.15) is 37.4 Å². The van der Waals surface area contributed by atoms with Gasteiger partial charge in [0.25, 0.3) is 0 Å². The monoisotopic (exact) mass is 245 g/mol. The van der Waals surface area contributed by atoms with Crippen LogP contribution in [0.2, 0.25) is 0 Å². The van der Waals surface area contributed by atoms with E-state index >= 15 is 0 Å². The highest BCUT2D eigenvalue weighted by Crippen LogP contribution is 2.27. The van der Waals surface area contributed by atoms with Crippen LogP contribution in [0.5, 0.6) is 0 Å². The first kappa shape index (κ1) is 12.0. The van der Waals surface area contributed by atoms with Gasteiger partial charge in [-0.15, -0.1) is 0 Å². The number of hydrogen-bond donors (Lipinski definition) is 1. The van der Waals surface area contributed by atoms with Crippen LogP contribution in [0, 0.1) is 5.92 Å². The lowest BCUT2D eigenvalue weighted by Gasteiger charge is -2.37. The molecule has 1 aliphatic heterocycles. The number of fused-ring (bicyclic) bond motifs is 1. The second-order valence-electron chi connectivity index (χ2n) is 5.70. The largest absolute Gasteiger partial charge is 0.356 e. The van der Waals surface area contributed by atoms with E-state index in [1.165, 1.54) is 36.3 Å². The van der Waals surface area contributed by atoms with E-state index in [-0.39, 0.29) is 0 Å². The molecule has 2 atom stereocenters. The molecule has 1 aromatic rings. The molecule has 3 nitrogen and oxygen atoms in total. The molecule has 1 aromatic heterocycles. The van der Waals surface area contributed by atoms with Gasteiger partial charge in [-0.1, -0.05) is 19.4 Å². The van der Waals surface area contributed by atoms with E-state index in [0.29, 0.717) is 12.0 Å². The predicted molar refractivity (Wildman–Crippen MR) is 74.8 cm³/mol. The smallest absolute Gasteiger partial charge is 0.128 e. The first-order valence-corrected chi connectivity index (χ1v) is 7.27. The molecule has 3 heteroatoms. The van der Waals surface area contributed by atoms with Gasteiger partial charge in [0.1, 0.15) is 5.82 Å². The van der Waals surface area contributed by atoms with Crippen LogP contribution in [0.4, 0.5) is 5.82 Å². The molecule has 1 aliphatic carbocycles. The standard InChI is InChI=1S/C15H23N3/c1-2-11-10-18(9-8-13(11)16)15-7-6-12-4-3-5-14(12)17-15/h6-7,11,13H,2-5,8-10,16H2,1H3. The van der Waals surface area contributed by atoms with Crippen LogP contribution >= 0.6 is 0 Å². The fourth-order valence-corrected chi connectivity index (χ4v) is 3.28. The molecule has 0 saturated carbocycles. The van der Waals surface area contributed by atoms with Gasteiger partial charge in [-0.25, -0.2) is 4.98 Å². The first-order chi connectivity index (χ1) is 8.78. The van der Waals surface area contributed by atoms with Gasteiger partial charge in [0.05, 0.1) is 0 Å². The predicted octanol–water partition coefficient (Wildman–Crippen LogP) is 2.13. The van der Waals surface area contributed by atoms with E-state index < -0.39 is 0 Å². The number of rotatable bonds is 2. The maximum atomic E-state index is 6.17. The number of pyridine rings is 1. The second kappa shape index (κ2) is 4.88. The van der Waals surface area contributed by atoms with Crippen LogP contribution in [-0.2, 0) is 12.8 Å². The molecule has 18 heavy (non-hydrogen) atoms. The molecular weight excluding hydrogens is 222 g/mol. The SMILES string of the molecule is CCC1CN(c2ccc3c(n2)CCC3)CCC1N. The van der Waals surface area contributed by atoms with Crippen molar-refractivity contribution in [3.63, 3.8) is 0 Å². The van der Waals surface area contributed by atoms with Crippen molar-refractivity contribution in [3.8, 4) is 0 Å². The summed E-state index contributed by atoms with van der Waals surface area (Å²) in [7, 11) is 0. The third-order valence-electron chi connectivity index (χ3n) is 4.55. The van der Waals surface area contributed by atoms with Crippen molar-refractivity contribution >= 4 is 5.82 Å². The van der Waals surface area contributed by atoms with E-state index in [1.807, 2.05) is 0 Å². The number of anilines is 1. The number of aryl methyl sites for hydroxylation is 2. The zero-order chi connectivity index (χ0) is 12.5. The third kappa shape index (κ3) is 2.12.